The van der Waals surface area contributed by atoms with Crippen molar-refractivity contribution in [2.24, 2.45) is 0 Å². The molecule has 1 aromatic heterocycles. The van der Waals surface area contributed by atoms with Gasteiger partial charge in [0, 0.05) is 5.56 Å². The highest BCUT2D eigenvalue weighted by Gasteiger charge is 2.17. The summed E-state index contributed by atoms with van der Waals surface area (Å²) < 4.78 is 0. The molecule has 6 nitrogen and oxygen atoms in total. The molecule has 0 aliphatic rings. The van der Waals surface area contributed by atoms with E-state index in [4.69, 9.17) is 0 Å². The van der Waals surface area contributed by atoms with Crippen LogP contribution in [0.3, 0.4) is 0 Å². The number of tetrazole rings is 1. The number of carbonyl (C=O) groups excluding carboxylic acids is 1. The van der Waals surface area contributed by atoms with Crippen molar-refractivity contribution in [2.75, 3.05) is 0 Å². The number of amides is 1. The molecule has 1 aromatic carbocycles. The number of aromatic nitrogens is 4. The van der Waals surface area contributed by atoms with Crippen LogP contribution in [0, 0.1) is 13.8 Å². The van der Waals surface area contributed by atoms with Crippen LogP contribution in [0.15, 0.2) is 18.2 Å². The number of nitrogens with one attached hydrogen (secondary N) is 2. The monoisotopic (exact) mass is 245 g/mol. The summed E-state index contributed by atoms with van der Waals surface area (Å²) in [6, 6.07) is 5.49. The van der Waals surface area contributed by atoms with Gasteiger partial charge in [0.15, 0.2) is 5.82 Å². The lowest BCUT2D eigenvalue weighted by Gasteiger charge is -2.13. The van der Waals surface area contributed by atoms with Crippen molar-refractivity contribution < 1.29 is 4.79 Å². The zero-order valence-corrected chi connectivity index (χ0v) is 10.6. The molecule has 1 unspecified atom stereocenters. The first kappa shape index (κ1) is 12.2. The van der Waals surface area contributed by atoms with Crippen molar-refractivity contribution in [3.8, 4) is 0 Å². The van der Waals surface area contributed by atoms with Gasteiger partial charge >= 0.3 is 0 Å². The molecule has 18 heavy (non-hydrogen) atoms. The average Bonchev–Trinajstić information content (AvgIpc) is 2.81. The second-order valence-corrected chi connectivity index (χ2v) is 4.23. The van der Waals surface area contributed by atoms with Crippen molar-refractivity contribution in [1.29, 1.82) is 0 Å². The average molecular weight is 245 g/mol. The van der Waals surface area contributed by atoms with Gasteiger partial charge in [-0.1, -0.05) is 23.4 Å². The van der Waals surface area contributed by atoms with E-state index in [1.54, 1.807) is 0 Å². The maximum Gasteiger partial charge on any atom is 0.252 e. The molecular weight excluding hydrogens is 230 g/mol. The van der Waals surface area contributed by atoms with Crippen molar-refractivity contribution in [3.05, 3.63) is 40.7 Å². The molecule has 6 heteroatoms. The van der Waals surface area contributed by atoms with Crippen LogP contribution in [-0.2, 0) is 0 Å². The van der Waals surface area contributed by atoms with E-state index < -0.39 is 0 Å². The number of benzene rings is 1. The van der Waals surface area contributed by atoms with Gasteiger partial charge in [-0.05, 0) is 31.9 Å². The first-order valence-corrected chi connectivity index (χ1v) is 5.70. The van der Waals surface area contributed by atoms with Gasteiger partial charge in [0.2, 0.25) is 0 Å². The second-order valence-electron chi connectivity index (χ2n) is 4.23. The van der Waals surface area contributed by atoms with E-state index in [1.807, 2.05) is 39.0 Å². The zero-order valence-electron chi connectivity index (χ0n) is 10.6. The van der Waals surface area contributed by atoms with E-state index in [0.717, 1.165) is 11.1 Å². The van der Waals surface area contributed by atoms with Gasteiger partial charge in [-0.2, -0.15) is 5.21 Å². The van der Waals surface area contributed by atoms with Gasteiger partial charge in [0.1, 0.15) is 0 Å². The van der Waals surface area contributed by atoms with Crippen molar-refractivity contribution >= 4 is 5.91 Å². The fraction of sp³-hybridized carbons (Fsp3) is 0.333. The van der Waals surface area contributed by atoms with Gasteiger partial charge in [-0.15, -0.1) is 10.2 Å². The highest BCUT2D eigenvalue weighted by Crippen LogP contribution is 2.14. The SMILES string of the molecule is Cc1cccc(C)c1C(=O)NC(C)c1nn[nH]n1. The maximum atomic E-state index is 12.2. The summed E-state index contributed by atoms with van der Waals surface area (Å²) in [6.07, 6.45) is 0. The summed E-state index contributed by atoms with van der Waals surface area (Å²) in [4.78, 5) is 12.2. The second kappa shape index (κ2) is 4.95. The molecule has 0 saturated heterocycles. The smallest absolute Gasteiger partial charge is 0.252 e. The number of rotatable bonds is 3. The fourth-order valence-electron chi connectivity index (χ4n) is 1.86. The lowest BCUT2D eigenvalue weighted by Crippen LogP contribution is -2.28. The number of H-pyrrole nitrogens is 1. The number of carbonyl (C=O) groups is 1. The van der Waals surface area contributed by atoms with Crippen molar-refractivity contribution in [3.63, 3.8) is 0 Å². The molecule has 0 aliphatic heterocycles. The zero-order chi connectivity index (χ0) is 13.1. The highest BCUT2D eigenvalue weighted by molar-refractivity contribution is 5.97. The molecule has 2 aromatic rings. The molecule has 0 fully saturated rings. The quantitative estimate of drug-likeness (QED) is 0.854. The summed E-state index contributed by atoms with van der Waals surface area (Å²) in [5.41, 5.74) is 2.61. The minimum absolute atomic E-state index is 0.122. The number of nitrogens with zero attached hydrogens (tertiary/aromatic N) is 3. The number of aryl methyl sites for hydroxylation is 2. The van der Waals surface area contributed by atoms with E-state index >= 15 is 0 Å². The van der Waals surface area contributed by atoms with Gasteiger partial charge in [-0.25, -0.2) is 0 Å². The molecule has 0 aliphatic carbocycles. The maximum absolute atomic E-state index is 12.2. The fourth-order valence-corrected chi connectivity index (χ4v) is 1.86. The Morgan fingerprint density at radius 1 is 1.33 bits per heavy atom. The van der Waals surface area contributed by atoms with E-state index in [9.17, 15) is 4.79 Å². The van der Waals surface area contributed by atoms with E-state index in [-0.39, 0.29) is 11.9 Å². The molecule has 1 amide bonds. The topological polar surface area (TPSA) is 83.6 Å². The molecule has 1 atom stereocenters. The van der Waals surface area contributed by atoms with Crippen LogP contribution in [0.1, 0.15) is 40.3 Å². The van der Waals surface area contributed by atoms with Crippen molar-refractivity contribution in [1.82, 2.24) is 25.9 Å². The van der Waals surface area contributed by atoms with Gasteiger partial charge < -0.3 is 5.32 Å². The molecule has 2 N–H and O–H groups in total. The standard InChI is InChI=1S/C12H15N5O/c1-7-5-4-6-8(2)10(7)12(18)13-9(3)11-14-16-17-15-11/h4-6,9H,1-3H3,(H,13,18)(H,14,15,16,17). The summed E-state index contributed by atoms with van der Waals surface area (Å²) in [7, 11) is 0. The third-order valence-electron chi connectivity index (χ3n) is 2.80. The van der Waals surface area contributed by atoms with Crippen molar-refractivity contribution in [2.45, 2.75) is 26.8 Å². The molecule has 94 valence electrons. The van der Waals surface area contributed by atoms with E-state index in [2.05, 4.69) is 25.9 Å². The Labute approximate surface area is 105 Å². The third-order valence-corrected chi connectivity index (χ3v) is 2.80. The largest absolute Gasteiger partial charge is 0.342 e. The van der Waals surface area contributed by atoms with Crippen LogP contribution in [0.5, 0.6) is 0 Å². The van der Waals surface area contributed by atoms with Gasteiger partial charge in [-0.3, -0.25) is 4.79 Å². The number of hydrogen-bond acceptors (Lipinski definition) is 4. The molecule has 0 bridgehead atoms. The predicted molar refractivity (Wildman–Crippen MR) is 66.0 cm³/mol. The minimum atomic E-state index is -0.282. The van der Waals surface area contributed by atoms with E-state index in [1.165, 1.54) is 0 Å². The first-order valence-electron chi connectivity index (χ1n) is 5.70. The Bertz CT molecular complexity index is 529. The number of aromatic amines is 1. The van der Waals surface area contributed by atoms with E-state index in [0.29, 0.717) is 11.4 Å². The molecular formula is C12H15N5O. The van der Waals surface area contributed by atoms with Crippen LogP contribution < -0.4 is 5.32 Å². The van der Waals surface area contributed by atoms with Gasteiger partial charge in [0.05, 0.1) is 6.04 Å². The lowest BCUT2D eigenvalue weighted by atomic mass is 10.0. The van der Waals surface area contributed by atoms with Crippen LogP contribution in [0.4, 0.5) is 0 Å². The van der Waals surface area contributed by atoms with Crippen LogP contribution in [0.2, 0.25) is 0 Å². The Morgan fingerprint density at radius 2 is 2.00 bits per heavy atom. The Morgan fingerprint density at radius 3 is 2.56 bits per heavy atom. The Balaban J connectivity index is 2.18. The lowest BCUT2D eigenvalue weighted by molar-refractivity contribution is 0.0937. The predicted octanol–water partition coefficient (Wildman–Crippen LogP) is 1.31. The number of hydrogen-bond donors (Lipinski definition) is 2. The summed E-state index contributed by atoms with van der Waals surface area (Å²) >= 11 is 0. The van der Waals surface area contributed by atoms with Gasteiger partial charge in [0.25, 0.3) is 5.91 Å². The minimum Gasteiger partial charge on any atom is -0.342 e. The molecule has 1 heterocycles. The summed E-state index contributed by atoms with van der Waals surface area (Å²) in [5, 5.41) is 16.4. The van der Waals surface area contributed by atoms with Crippen LogP contribution in [0.25, 0.3) is 0 Å². The normalized spacial score (nSPS) is 12.2. The first-order chi connectivity index (χ1) is 8.59. The Hall–Kier alpha value is -2.24. The Kier molecular flexibility index (Phi) is 3.36. The molecule has 0 saturated carbocycles. The van der Waals surface area contributed by atoms with Crippen LogP contribution in [-0.4, -0.2) is 26.5 Å². The summed E-state index contributed by atoms with van der Waals surface area (Å²) in [6.45, 7) is 5.65. The third kappa shape index (κ3) is 2.37. The highest BCUT2D eigenvalue weighted by atomic mass is 16.1. The molecule has 2 rings (SSSR count). The molecule has 0 spiro atoms. The molecule has 0 radical (unpaired) electrons. The summed E-state index contributed by atoms with van der Waals surface area (Å²) in [5.74, 6) is 0.345. The van der Waals surface area contributed by atoms with Crippen LogP contribution >= 0.6 is 0 Å².